The number of halogens is 1. The number of benzene rings is 3. The largest absolute Gasteiger partial charge is 0.490 e. The Labute approximate surface area is 234 Å². The zero-order chi connectivity index (χ0) is 27.4. The molecule has 9 heteroatoms. The number of nitrogens with one attached hydrogen (secondary N) is 1. The first kappa shape index (κ1) is 26.9. The van der Waals surface area contributed by atoms with E-state index in [1.165, 1.54) is 6.08 Å². The lowest BCUT2D eigenvalue weighted by Crippen LogP contribution is -2.54. The van der Waals surface area contributed by atoms with E-state index in [0.717, 1.165) is 21.6 Å². The molecule has 1 fully saturated rings. The number of hydrogen-bond donors (Lipinski definition) is 1. The maximum Gasteiger partial charge on any atom is 0.335 e. The van der Waals surface area contributed by atoms with E-state index in [1.807, 2.05) is 39.0 Å². The van der Waals surface area contributed by atoms with Gasteiger partial charge in [-0.25, -0.2) is 9.69 Å². The van der Waals surface area contributed by atoms with Crippen LogP contribution in [0.15, 0.2) is 60.2 Å². The number of nitriles is 1. The highest BCUT2D eigenvalue weighted by atomic mass is 127. The van der Waals surface area contributed by atoms with Crippen LogP contribution in [0.1, 0.15) is 34.7 Å². The average molecular weight is 621 g/mol. The van der Waals surface area contributed by atoms with Crippen LogP contribution in [-0.2, 0) is 16.2 Å². The van der Waals surface area contributed by atoms with Gasteiger partial charge in [0, 0.05) is 5.56 Å². The summed E-state index contributed by atoms with van der Waals surface area (Å²) in [7, 11) is 0. The molecule has 1 aliphatic rings. The first-order chi connectivity index (χ1) is 18.2. The minimum atomic E-state index is -0.798. The predicted molar refractivity (Wildman–Crippen MR) is 151 cm³/mol. The van der Waals surface area contributed by atoms with Crippen molar-refractivity contribution in [1.82, 2.24) is 5.32 Å². The molecule has 192 valence electrons. The van der Waals surface area contributed by atoms with E-state index in [9.17, 15) is 19.6 Å². The number of aryl methyl sites for hydroxylation is 2. The van der Waals surface area contributed by atoms with Gasteiger partial charge in [-0.2, -0.15) is 5.26 Å². The van der Waals surface area contributed by atoms with E-state index in [2.05, 4.69) is 34.0 Å². The number of urea groups is 1. The molecule has 4 amide bonds. The molecule has 8 nitrogen and oxygen atoms in total. The van der Waals surface area contributed by atoms with Crippen LogP contribution in [0.2, 0.25) is 0 Å². The zero-order valence-electron chi connectivity index (χ0n) is 21.0. The second-order valence-corrected chi connectivity index (χ2v) is 9.79. The molecule has 0 saturated carbocycles. The molecule has 0 bridgehead atoms. The lowest BCUT2D eigenvalue weighted by Gasteiger charge is -2.27. The van der Waals surface area contributed by atoms with Crippen molar-refractivity contribution >= 4 is 52.2 Å². The molecule has 4 rings (SSSR count). The third-order valence-corrected chi connectivity index (χ3v) is 6.52. The van der Waals surface area contributed by atoms with Crippen molar-refractivity contribution in [2.24, 2.45) is 0 Å². The summed E-state index contributed by atoms with van der Waals surface area (Å²) in [4.78, 5) is 39.6. The van der Waals surface area contributed by atoms with Crippen LogP contribution in [0.3, 0.4) is 0 Å². The lowest BCUT2D eigenvalue weighted by molar-refractivity contribution is -0.122. The highest BCUT2D eigenvalue weighted by Gasteiger charge is 2.37. The Hall–Kier alpha value is -4.17. The predicted octanol–water partition coefficient (Wildman–Crippen LogP) is 5.42. The molecule has 0 radical (unpaired) electrons. The second kappa shape index (κ2) is 11.5. The number of carbonyl (C=O) groups excluding carboxylic acids is 3. The van der Waals surface area contributed by atoms with E-state index < -0.39 is 17.8 Å². The number of rotatable bonds is 7. The van der Waals surface area contributed by atoms with Gasteiger partial charge in [0.05, 0.1) is 27.5 Å². The number of amides is 4. The Bertz CT molecular complexity index is 1500. The first-order valence-corrected chi connectivity index (χ1v) is 12.9. The molecule has 0 unspecified atom stereocenters. The third-order valence-electron chi connectivity index (χ3n) is 5.72. The molecule has 38 heavy (non-hydrogen) atoms. The molecular formula is C29H24IN3O5. The number of hydrogen-bond acceptors (Lipinski definition) is 6. The van der Waals surface area contributed by atoms with Gasteiger partial charge in [-0.05, 0) is 96.5 Å². The normalized spacial score (nSPS) is 14.3. The van der Waals surface area contributed by atoms with Crippen LogP contribution in [0.4, 0.5) is 10.5 Å². The van der Waals surface area contributed by atoms with Crippen molar-refractivity contribution in [2.45, 2.75) is 27.4 Å². The third kappa shape index (κ3) is 5.70. The summed E-state index contributed by atoms with van der Waals surface area (Å²) in [6, 6.07) is 17.3. The Morgan fingerprint density at radius 3 is 2.42 bits per heavy atom. The molecule has 1 heterocycles. The van der Waals surface area contributed by atoms with E-state index in [1.54, 1.807) is 36.4 Å². The smallest absolute Gasteiger partial charge is 0.335 e. The Morgan fingerprint density at radius 1 is 1.03 bits per heavy atom. The number of ether oxygens (including phenoxy) is 2. The first-order valence-electron chi connectivity index (χ1n) is 11.8. The standard InChI is InChI=1S/C29H24IN3O5/c1-4-37-25-14-19(13-24(30)26(25)38-16-21-8-6-5-7-20(21)15-31)12-23-27(34)32-29(36)33(28(23)35)22-10-17(2)9-18(3)11-22/h5-14H,4,16H2,1-3H3,(H,32,34,36)/b23-12+. The van der Waals surface area contributed by atoms with Gasteiger partial charge in [0.1, 0.15) is 12.2 Å². The Morgan fingerprint density at radius 2 is 1.74 bits per heavy atom. The molecule has 0 aliphatic carbocycles. The van der Waals surface area contributed by atoms with Crippen molar-refractivity contribution in [2.75, 3.05) is 11.5 Å². The van der Waals surface area contributed by atoms with Crippen LogP contribution in [0.25, 0.3) is 6.08 Å². The van der Waals surface area contributed by atoms with Crippen LogP contribution in [0, 0.1) is 28.7 Å². The number of nitrogens with zero attached hydrogens (tertiary/aromatic N) is 2. The van der Waals surface area contributed by atoms with Crippen LogP contribution in [0.5, 0.6) is 11.5 Å². The highest BCUT2D eigenvalue weighted by Crippen LogP contribution is 2.36. The van der Waals surface area contributed by atoms with Gasteiger partial charge >= 0.3 is 6.03 Å². The summed E-state index contributed by atoms with van der Waals surface area (Å²) in [6.45, 7) is 6.08. The molecule has 0 atom stereocenters. The van der Waals surface area contributed by atoms with Gasteiger partial charge < -0.3 is 9.47 Å². The fourth-order valence-corrected chi connectivity index (χ4v) is 4.90. The van der Waals surface area contributed by atoms with Gasteiger partial charge in [0.25, 0.3) is 11.8 Å². The maximum atomic E-state index is 13.3. The average Bonchev–Trinajstić information content (AvgIpc) is 2.86. The number of barbiturate groups is 1. The fraction of sp³-hybridized carbons (Fsp3) is 0.172. The summed E-state index contributed by atoms with van der Waals surface area (Å²) in [6.07, 6.45) is 1.43. The molecule has 1 N–H and O–H groups in total. The minimum absolute atomic E-state index is 0.161. The Balaban J connectivity index is 1.68. The summed E-state index contributed by atoms with van der Waals surface area (Å²) in [5.74, 6) is -0.590. The van der Waals surface area contributed by atoms with Crippen LogP contribution >= 0.6 is 22.6 Å². The Kier molecular flexibility index (Phi) is 8.12. The summed E-state index contributed by atoms with van der Waals surface area (Å²) < 4.78 is 12.5. The summed E-state index contributed by atoms with van der Waals surface area (Å²) in [5.41, 5.74) is 3.74. The van der Waals surface area contributed by atoms with E-state index in [-0.39, 0.29) is 12.2 Å². The topological polar surface area (TPSA) is 109 Å². The van der Waals surface area contributed by atoms with Gasteiger partial charge in [-0.15, -0.1) is 0 Å². The highest BCUT2D eigenvalue weighted by molar-refractivity contribution is 14.1. The second-order valence-electron chi connectivity index (χ2n) is 8.62. The molecular weight excluding hydrogens is 597 g/mol. The molecule has 1 aliphatic heterocycles. The van der Waals surface area contributed by atoms with Crippen molar-refractivity contribution in [3.05, 3.63) is 91.6 Å². The number of carbonyl (C=O) groups is 3. The van der Waals surface area contributed by atoms with Gasteiger partial charge in [0.2, 0.25) is 0 Å². The van der Waals surface area contributed by atoms with Crippen LogP contribution in [-0.4, -0.2) is 24.5 Å². The molecule has 0 spiro atoms. The maximum absolute atomic E-state index is 13.3. The number of anilines is 1. The quantitative estimate of drug-likeness (QED) is 0.214. The molecule has 0 aromatic heterocycles. The SMILES string of the molecule is CCOc1cc(/C=C2\C(=O)NC(=O)N(c3cc(C)cc(C)c3)C2=O)cc(I)c1OCc1ccccc1C#N. The van der Waals surface area contributed by atoms with Gasteiger partial charge in [0.15, 0.2) is 11.5 Å². The van der Waals surface area contributed by atoms with Gasteiger partial charge in [-0.3, -0.25) is 14.9 Å². The fourth-order valence-electron chi connectivity index (χ4n) is 4.12. The molecule has 1 saturated heterocycles. The minimum Gasteiger partial charge on any atom is -0.490 e. The van der Waals surface area contributed by atoms with Crippen molar-refractivity contribution in [3.8, 4) is 17.6 Å². The monoisotopic (exact) mass is 621 g/mol. The van der Waals surface area contributed by atoms with Crippen molar-refractivity contribution in [1.29, 1.82) is 5.26 Å². The van der Waals surface area contributed by atoms with E-state index in [4.69, 9.17) is 9.47 Å². The van der Waals surface area contributed by atoms with Crippen LogP contribution < -0.4 is 19.7 Å². The zero-order valence-corrected chi connectivity index (χ0v) is 23.2. The van der Waals surface area contributed by atoms with E-state index in [0.29, 0.717) is 38.5 Å². The lowest BCUT2D eigenvalue weighted by atomic mass is 10.0. The summed E-state index contributed by atoms with van der Waals surface area (Å²) in [5, 5.41) is 11.6. The molecule has 3 aromatic carbocycles. The van der Waals surface area contributed by atoms with Crippen molar-refractivity contribution < 1.29 is 23.9 Å². The summed E-state index contributed by atoms with van der Waals surface area (Å²) >= 11 is 2.09. The van der Waals surface area contributed by atoms with Crippen molar-refractivity contribution in [3.63, 3.8) is 0 Å². The van der Waals surface area contributed by atoms with E-state index >= 15 is 0 Å². The van der Waals surface area contributed by atoms with Gasteiger partial charge in [-0.1, -0.05) is 24.3 Å². The molecule has 3 aromatic rings. The number of imide groups is 2.